The van der Waals surface area contributed by atoms with Crippen LogP contribution < -0.4 is 0 Å². The van der Waals surface area contributed by atoms with Crippen LogP contribution in [0.25, 0.3) is 0 Å². The SMILES string of the molecule is CO[C@]1(C)C[C@@H](C)CN(C)[C@@H](CN2CCN(C(=O)c3ccc(Cl)cc3)CC2)[C@H](C)OC(=O)C(C)(C)C(=O)[C@H](C)[C@H]1O[C@@H]1O[C@H](C)C[C@H](N(C)C)[C@H]1O. The summed E-state index contributed by atoms with van der Waals surface area (Å²) >= 11 is 6.03. The molecule has 1 N–H and O–H groups in total. The predicted molar refractivity (Wildman–Crippen MR) is 200 cm³/mol. The van der Waals surface area contributed by atoms with E-state index in [0.717, 1.165) is 0 Å². The first-order valence-corrected chi connectivity index (χ1v) is 19.1. The molecule has 1 aromatic rings. The van der Waals surface area contributed by atoms with Crippen LogP contribution >= 0.6 is 11.6 Å². The number of piperazine rings is 1. The van der Waals surface area contributed by atoms with E-state index >= 15 is 0 Å². The lowest BCUT2D eigenvalue weighted by molar-refractivity contribution is -0.295. The molecule has 10 atom stereocenters. The fourth-order valence-corrected chi connectivity index (χ4v) is 8.44. The van der Waals surface area contributed by atoms with E-state index in [1.54, 1.807) is 52.1 Å². The number of carbonyl (C=O) groups is 3. The normalized spacial score (nSPS) is 36.1. The highest BCUT2D eigenvalue weighted by Crippen LogP contribution is 2.38. The molecule has 294 valence electrons. The maximum Gasteiger partial charge on any atom is 0.319 e. The van der Waals surface area contributed by atoms with Crippen molar-refractivity contribution >= 4 is 29.3 Å². The van der Waals surface area contributed by atoms with Gasteiger partial charge in [0.25, 0.3) is 5.91 Å². The number of aliphatic hydroxyl groups excluding tert-OH is 1. The van der Waals surface area contributed by atoms with Crippen LogP contribution in [0, 0.1) is 17.3 Å². The van der Waals surface area contributed by atoms with Gasteiger partial charge in [-0.15, -0.1) is 0 Å². The number of likely N-dealkylation sites (N-methyl/N-ethyl adjacent to an activating group) is 2. The van der Waals surface area contributed by atoms with E-state index in [1.165, 1.54) is 0 Å². The van der Waals surface area contributed by atoms with E-state index in [2.05, 4.69) is 16.7 Å². The van der Waals surface area contributed by atoms with E-state index in [9.17, 15) is 19.5 Å². The second-order valence-corrected chi connectivity index (χ2v) is 16.9. The highest BCUT2D eigenvalue weighted by molar-refractivity contribution is 6.30. The Morgan fingerprint density at radius 2 is 1.65 bits per heavy atom. The van der Waals surface area contributed by atoms with Crippen LogP contribution in [0.2, 0.25) is 5.02 Å². The molecule has 0 unspecified atom stereocenters. The fourth-order valence-electron chi connectivity index (χ4n) is 8.31. The first-order chi connectivity index (χ1) is 24.3. The van der Waals surface area contributed by atoms with Gasteiger partial charge in [-0.1, -0.05) is 25.4 Å². The van der Waals surface area contributed by atoms with Crippen LogP contribution in [0.1, 0.15) is 71.7 Å². The number of ketones is 1. The van der Waals surface area contributed by atoms with Gasteiger partial charge in [0.15, 0.2) is 12.1 Å². The highest BCUT2D eigenvalue weighted by Gasteiger charge is 2.52. The molecule has 1 amide bonds. The molecule has 3 fully saturated rings. The monoisotopic (exact) mass is 750 g/mol. The van der Waals surface area contributed by atoms with E-state index < -0.39 is 47.5 Å². The highest BCUT2D eigenvalue weighted by atomic mass is 35.5. The Hall–Kier alpha value is -2.16. The lowest BCUT2D eigenvalue weighted by atomic mass is 9.74. The summed E-state index contributed by atoms with van der Waals surface area (Å²) in [5.74, 6) is -1.69. The number of Topliss-reactive ketones (excluding diaryl/α,β-unsaturated/α-hetero) is 1. The number of aliphatic hydroxyl groups is 1. The summed E-state index contributed by atoms with van der Waals surface area (Å²) in [5, 5.41) is 12.0. The molecule has 0 saturated carbocycles. The van der Waals surface area contributed by atoms with Crippen molar-refractivity contribution in [3.05, 3.63) is 34.9 Å². The number of halogens is 1. The molecule has 13 heteroatoms. The molecular formula is C39H63ClN4O8. The van der Waals surface area contributed by atoms with Crippen LogP contribution in [-0.2, 0) is 28.5 Å². The number of hydrogen-bond acceptors (Lipinski definition) is 11. The molecule has 3 aliphatic heterocycles. The Morgan fingerprint density at radius 3 is 2.23 bits per heavy atom. The van der Waals surface area contributed by atoms with Crippen LogP contribution in [0.3, 0.4) is 0 Å². The zero-order chi connectivity index (χ0) is 38.7. The van der Waals surface area contributed by atoms with Gasteiger partial charge in [0.1, 0.15) is 17.6 Å². The number of amides is 1. The quantitative estimate of drug-likeness (QED) is 0.324. The van der Waals surface area contributed by atoms with Crippen molar-refractivity contribution in [3.8, 4) is 0 Å². The Morgan fingerprint density at radius 1 is 1.04 bits per heavy atom. The van der Waals surface area contributed by atoms with Gasteiger partial charge in [-0.05, 0) is 98.8 Å². The van der Waals surface area contributed by atoms with Crippen LogP contribution in [-0.4, -0.2) is 158 Å². The number of hydrogen-bond donors (Lipinski definition) is 1. The van der Waals surface area contributed by atoms with Gasteiger partial charge in [0, 0.05) is 68.9 Å². The summed E-state index contributed by atoms with van der Waals surface area (Å²) in [7, 11) is 7.49. The number of esters is 1. The maximum absolute atomic E-state index is 14.4. The van der Waals surface area contributed by atoms with E-state index in [0.29, 0.717) is 62.7 Å². The average molecular weight is 751 g/mol. The van der Waals surface area contributed by atoms with Crippen LogP contribution in [0.5, 0.6) is 0 Å². The summed E-state index contributed by atoms with van der Waals surface area (Å²) in [5.41, 5.74) is -1.86. The molecule has 0 radical (unpaired) electrons. The summed E-state index contributed by atoms with van der Waals surface area (Å²) < 4.78 is 25.3. The predicted octanol–water partition coefficient (Wildman–Crippen LogP) is 3.82. The number of nitrogens with zero attached hydrogens (tertiary/aromatic N) is 4. The maximum atomic E-state index is 14.4. The second kappa shape index (κ2) is 17.5. The molecule has 0 aromatic heterocycles. The third-order valence-corrected chi connectivity index (χ3v) is 11.8. The zero-order valence-corrected chi connectivity index (χ0v) is 33.9. The van der Waals surface area contributed by atoms with Gasteiger partial charge in [-0.3, -0.25) is 24.2 Å². The summed E-state index contributed by atoms with van der Waals surface area (Å²) in [4.78, 5) is 49.9. The lowest BCUT2D eigenvalue weighted by Crippen LogP contribution is -2.59. The van der Waals surface area contributed by atoms with E-state index in [1.807, 2.05) is 51.7 Å². The number of methoxy groups -OCH3 is 1. The van der Waals surface area contributed by atoms with Crippen molar-refractivity contribution in [2.24, 2.45) is 17.3 Å². The van der Waals surface area contributed by atoms with Gasteiger partial charge >= 0.3 is 5.97 Å². The standard InChI is InChI=1S/C39H63ClN4O8/c1-24-21-39(7,49-11)34(52-36-32(45)30(41(8)9)20-25(2)50-36)26(3)33(46)38(5,6)37(48)51-27(4)31(42(10)22-24)23-43-16-18-44(19-17-43)35(47)28-12-14-29(40)15-13-28/h12-15,24-27,30-32,34,36,45H,16-23H2,1-11H3/t24-,25-,26+,27+,30+,31+,32-,34-,36+,39-/m1/s1. The van der Waals surface area contributed by atoms with Crippen LogP contribution in [0.15, 0.2) is 24.3 Å². The van der Waals surface area contributed by atoms with Gasteiger partial charge < -0.3 is 33.9 Å². The summed E-state index contributed by atoms with van der Waals surface area (Å²) in [6.07, 6.45) is -2.35. The topological polar surface area (TPSA) is 121 Å². The van der Waals surface area contributed by atoms with Crippen molar-refractivity contribution < 1.29 is 38.4 Å². The average Bonchev–Trinajstić information content (AvgIpc) is 3.09. The minimum atomic E-state index is -1.49. The van der Waals surface area contributed by atoms with Crippen molar-refractivity contribution in [2.75, 3.05) is 67.5 Å². The lowest BCUT2D eigenvalue weighted by Gasteiger charge is -2.47. The minimum absolute atomic E-state index is 0.0205. The molecule has 0 bridgehead atoms. The fraction of sp³-hybridized carbons (Fsp3) is 0.769. The molecule has 3 aliphatic rings. The zero-order valence-electron chi connectivity index (χ0n) is 33.1. The third-order valence-electron chi connectivity index (χ3n) is 11.6. The molecule has 4 rings (SSSR count). The Labute approximate surface area is 316 Å². The molecular weight excluding hydrogens is 688 g/mol. The molecule has 0 spiro atoms. The first kappa shape index (κ1) is 42.6. The summed E-state index contributed by atoms with van der Waals surface area (Å²) in [6.45, 7) is 16.7. The van der Waals surface area contributed by atoms with Gasteiger partial charge in [-0.25, -0.2) is 0 Å². The van der Waals surface area contributed by atoms with Gasteiger partial charge in [-0.2, -0.15) is 0 Å². The van der Waals surface area contributed by atoms with Crippen LogP contribution in [0.4, 0.5) is 0 Å². The van der Waals surface area contributed by atoms with E-state index in [4.69, 9.17) is 30.5 Å². The molecule has 3 heterocycles. The third kappa shape index (κ3) is 9.73. The van der Waals surface area contributed by atoms with E-state index in [-0.39, 0.29) is 35.8 Å². The number of carbonyl (C=O) groups excluding carboxylic acids is 3. The number of cyclic esters (lactones) is 1. The van der Waals surface area contributed by atoms with Gasteiger partial charge in [0.05, 0.1) is 23.9 Å². The van der Waals surface area contributed by atoms with Gasteiger partial charge in [0.2, 0.25) is 0 Å². The number of ether oxygens (including phenoxy) is 4. The second-order valence-electron chi connectivity index (χ2n) is 16.5. The minimum Gasteiger partial charge on any atom is -0.460 e. The van der Waals surface area contributed by atoms with Crippen molar-refractivity contribution in [2.45, 2.75) is 110 Å². The molecule has 12 nitrogen and oxygen atoms in total. The Kier molecular flexibility index (Phi) is 14.4. The number of benzene rings is 1. The first-order valence-electron chi connectivity index (χ1n) is 18.7. The largest absolute Gasteiger partial charge is 0.460 e. The molecule has 0 aliphatic carbocycles. The smallest absolute Gasteiger partial charge is 0.319 e. The van der Waals surface area contributed by atoms with Crippen molar-refractivity contribution in [1.29, 1.82) is 0 Å². The Bertz CT molecular complexity index is 1370. The molecule has 3 saturated heterocycles. The molecule has 52 heavy (non-hydrogen) atoms. The van der Waals surface area contributed by atoms with Crippen molar-refractivity contribution in [1.82, 2.24) is 19.6 Å². The van der Waals surface area contributed by atoms with Crippen molar-refractivity contribution in [3.63, 3.8) is 0 Å². The molecule has 1 aromatic carbocycles. The summed E-state index contributed by atoms with van der Waals surface area (Å²) in [6, 6.07) is 6.56. The Balaban J connectivity index is 1.57. The number of rotatable bonds is 7.